The van der Waals surface area contributed by atoms with Crippen LogP contribution in [0.1, 0.15) is 34.1 Å². The van der Waals surface area contributed by atoms with Gasteiger partial charge in [-0.05, 0) is 25.0 Å². The molecular weight excluding hydrogens is 260 g/mol. The predicted molar refractivity (Wildman–Crippen MR) is 75.6 cm³/mol. The highest BCUT2D eigenvalue weighted by Crippen LogP contribution is 2.44. The lowest BCUT2D eigenvalue weighted by Crippen LogP contribution is -2.08. The lowest BCUT2D eigenvalue weighted by atomic mass is 10.2. The molecule has 1 fully saturated rings. The van der Waals surface area contributed by atoms with Gasteiger partial charge in [-0.25, -0.2) is 9.78 Å². The van der Waals surface area contributed by atoms with Crippen LogP contribution >= 0.6 is 11.3 Å². The molecule has 1 N–H and O–H groups in total. The topological polar surface area (TPSA) is 53.4 Å². The molecule has 0 spiro atoms. The number of aromatic nitrogens is 1. The van der Waals surface area contributed by atoms with Gasteiger partial charge in [-0.3, -0.25) is 0 Å². The first kappa shape index (κ1) is 12.2. The molecule has 1 aromatic heterocycles. The Morgan fingerprint density at radius 1 is 1.37 bits per heavy atom. The Bertz CT molecular complexity index is 605. The van der Waals surface area contributed by atoms with Gasteiger partial charge >= 0.3 is 5.97 Å². The number of benzene rings is 1. The lowest BCUT2D eigenvalue weighted by Gasteiger charge is -2.15. The van der Waals surface area contributed by atoms with Gasteiger partial charge in [0.2, 0.25) is 0 Å². The average molecular weight is 274 g/mol. The molecule has 0 atom stereocenters. The molecule has 98 valence electrons. The minimum absolute atomic E-state index is 0.347. The fraction of sp³-hybridized carbons (Fsp3) is 0.286. The van der Waals surface area contributed by atoms with E-state index in [2.05, 4.69) is 4.98 Å². The standard InChI is InChI=1S/C14H14N2O2S/c1-16(10-5-3-2-4-6-10)14-15-11(9-7-8-9)12(19-14)13(17)18/h2-6,9H,7-8H2,1H3,(H,17,18). The fourth-order valence-electron chi connectivity index (χ4n) is 2.01. The van der Waals surface area contributed by atoms with Gasteiger partial charge in [-0.2, -0.15) is 0 Å². The van der Waals surface area contributed by atoms with Gasteiger partial charge in [0, 0.05) is 18.7 Å². The van der Waals surface area contributed by atoms with Crippen molar-refractivity contribution in [2.75, 3.05) is 11.9 Å². The summed E-state index contributed by atoms with van der Waals surface area (Å²) >= 11 is 1.25. The Kier molecular flexibility index (Phi) is 2.98. The maximum Gasteiger partial charge on any atom is 0.347 e. The van der Waals surface area contributed by atoms with E-state index < -0.39 is 5.97 Å². The second-order valence-corrected chi connectivity index (χ2v) is 5.66. The first-order valence-corrected chi connectivity index (χ1v) is 7.01. The van der Waals surface area contributed by atoms with Gasteiger partial charge in [0.05, 0.1) is 5.69 Å². The number of thiazole rings is 1. The normalized spacial score (nSPS) is 14.4. The molecule has 0 aliphatic heterocycles. The number of carboxylic acid groups (broad SMARTS) is 1. The van der Waals surface area contributed by atoms with Gasteiger partial charge in [-0.15, -0.1) is 0 Å². The fourth-order valence-corrected chi connectivity index (χ4v) is 2.99. The van der Waals surface area contributed by atoms with E-state index in [-0.39, 0.29) is 0 Å². The molecule has 1 aliphatic carbocycles. The summed E-state index contributed by atoms with van der Waals surface area (Å²) in [5.41, 5.74) is 1.77. The minimum Gasteiger partial charge on any atom is -0.477 e. The summed E-state index contributed by atoms with van der Waals surface area (Å²) in [4.78, 5) is 18.1. The van der Waals surface area contributed by atoms with Crippen molar-refractivity contribution in [1.29, 1.82) is 0 Å². The summed E-state index contributed by atoms with van der Waals surface area (Å²) in [5, 5.41) is 10.0. The van der Waals surface area contributed by atoms with Crippen molar-refractivity contribution in [3.05, 3.63) is 40.9 Å². The van der Waals surface area contributed by atoms with Crippen LogP contribution in [0.5, 0.6) is 0 Å². The van der Waals surface area contributed by atoms with Crippen LogP contribution in [-0.2, 0) is 0 Å². The van der Waals surface area contributed by atoms with Crippen molar-refractivity contribution in [2.45, 2.75) is 18.8 Å². The molecule has 1 saturated carbocycles. The Morgan fingerprint density at radius 2 is 2.05 bits per heavy atom. The molecule has 0 bridgehead atoms. The lowest BCUT2D eigenvalue weighted by molar-refractivity contribution is 0.0700. The van der Waals surface area contributed by atoms with Gasteiger partial charge in [0.1, 0.15) is 4.88 Å². The molecule has 0 radical (unpaired) electrons. The number of carboxylic acids is 1. The van der Waals surface area contributed by atoms with Crippen LogP contribution in [0.25, 0.3) is 0 Å². The van der Waals surface area contributed by atoms with Crippen molar-refractivity contribution in [3.8, 4) is 0 Å². The second-order valence-electron chi connectivity index (χ2n) is 4.68. The zero-order chi connectivity index (χ0) is 13.4. The first-order chi connectivity index (χ1) is 9.16. The van der Waals surface area contributed by atoms with Crippen molar-refractivity contribution >= 4 is 28.1 Å². The van der Waals surface area contributed by atoms with E-state index in [9.17, 15) is 9.90 Å². The summed E-state index contributed by atoms with van der Waals surface area (Å²) in [7, 11) is 1.91. The number of nitrogens with zero attached hydrogens (tertiary/aromatic N) is 2. The highest BCUT2D eigenvalue weighted by Gasteiger charge is 2.32. The van der Waals surface area contributed by atoms with E-state index >= 15 is 0 Å². The monoisotopic (exact) mass is 274 g/mol. The third kappa shape index (κ3) is 2.33. The van der Waals surface area contributed by atoms with Crippen molar-refractivity contribution in [1.82, 2.24) is 4.98 Å². The summed E-state index contributed by atoms with van der Waals surface area (Å²) in [6, 6.07) is 9.84. The number of rotatable bonds is 4. The van der Waals surface area contributed by atoms with Crippen molar-refractivity contribution < 1.29 is 9.90 Å². The molecule has 0 unspecified atom stereocenters. The molecule has 0 saturated heterocycles. The largest absolute Gasteiger partial charge is 0.477 e. The van der Waals surface area contributed by atoms with Crippen LogP contribution < -0.4 is 4.90 Å². The third-order valence-corrected chi connectivity index (χ3v) is 4.37. The average Bonchev–Trinajstić information content (AvgIpc) is 3.17. The zero-order valence-electron chi connectivity index (χ0n) is 10.5. The van der Waals surface area contributed by atoms with Crippen LogP contribution in [0.4, 0.5) is 10.8 Å². The molecule has 1 aliphatic rings. The molecule has 3 rings (SSSR count). The predicted octanol–water partition coefficient (Wildman–Crippen LogP) is 3.49. The maximum atomic E-state index is 11.3. The Balaban J connectivity index is 1.97. The van der Waals surface area contributed by atoms with E-state index in [1.807, 2.05) is 42.3 Å². The van der Waals surface area contributed by atoms with Crippen LogP contribution in [-0.4, -0.2) is 23.1 Å². The second kappa shape index (κ2) is 4.66. The highest BCUT2D eigenvalue weighted by molar-refractivity contribution is 7.17. The van der Waals surface area contributed by atoms with E-state index in [0.29, 0.717) is 10.8 Å². The maximum absolute atomic E-state index is 11.3. The zero-order valence-corrected chi connectivity index (χ0v) is 11.4. The quantitative estimate of drug-likeness (QED) is 0.927. The van der Waals surface area contributed by atoms with Crippen LogP contribution in [0.2, 0.25) is 0 Å². The molecule has 1 heterocycles. The summed E-state index contributed by atoms with van der Waals surface area (Å²) in [6.45, 7) is 0. The van der Waals surface area contributed by atoms with Crippen LogP contribution in [0, 0.1) is 0 Å². The van der Waals surface area contributed by atoms with Gasteiger partial charge in [-0.1, -0.05) is 29.5 Å². The SMILES string of the molecule is CN(c1ccccc1)c1nc(C2CC2)c(C(=O)O)s1. The molecular formula is C14H14N2O2S. The Hall–Kier alpha value is -1.88. The molecule has 4 nitrogen and oxygen atoms in total. The van der Waals surface area contributed by atoms with Crippen molar-refractivity contribution in [2.24, 2.45) is 0 Å². The number of hydrogen-bond acceptors (Lipinski definition) is 4. The van der Waals surface area contributed by atoms with E-state index in [4.69, 9.17) is 0 Å². The van der Waals surface area contributed by atoms with E-state index in [1.165, 1.54) is 11.3 Å². The number of aromatic carboxylic acids is 1. The van der Waals surface area contributed by atoms with Gasteiger partial charge in [0.25, 0.3) is 0 Å². The molecule has 1 aromatic carbocycles. The number of carbonyl (C=O) groups is 1. The van der Waals surface area contributed by atoms with Crippen molar-refractivity contribution in [3.63, 3.8) is 0 Å². The minimum atomic E-state index is -0.868. The summed E-state index contributed by atoms with van der Waals surface area (Å²) in [5.74, 6) is -0.521. The molecule has 2 aromatic rings. The summed E-state index contributed by atoms with van der Waals surface area (Å²) < 4.78 is 0. The van der Waals surface area contributed by atoms with Crippen LogP contribution in [0.3, 0.4) is 0 Å². The van der Waals surface area contributed by atoms with E-state index in [1.54, 1.807) is 0 Å². The Labute approximate surface area is 115 Å². The number of para-hydroxylation sites is 1. The van der Waals surface area contributed by atoms with E-state index in [0.717, 1.165) is 29.4 Å². The highest BCUT2D eigenvalue weighted by atomic mass is 32.1. The van der Waals surface area contributed by atoms with Gasteiger partial charge < -0.3 is 10.0 Å². The molecule has 19 heavy (non-hydrogen) atoms. The summed E-state index contributed by atoms with van der Waals surface area (Å²) in [6.07, 6.45) is 2.11. The van der Waals surface area contributed by atoms with Gasteiger partial charge in [0.15, 0.2) is 5.13 Å². The third-order valence-electron chi connectivity index (χ3n) is 3.23. The number of anilines is 2. The molecule has 5 heteroatoms. The first-order valence-electron chi connectivity index (χ1n) is 6.19. The van der Waals surface area contributed by atoms with Crippen LogP contribution in [0.15, 0.2) is 30.3 Å². The number of hydrogen-bond donors (Lipinski definition) is 1. The molecule has 0 amide bonds. The Morgan fingerprint density at radius 3 is 2.63 bits per heavy atom. The smallest absolute Gasteiger partial charge is 0.347 e.